The van der Waals surface area contributed by atoms with Gasteiger partial charge in [0, 0.05) is 17.7 Å². The van der Waals surface area contributed by atoms with Crippen LogP contribution >= 0.6 is 0 Å². The van der Waals surface area contributed by atoms with E-state index in [9.17, 15) is 5.11 Å². The first-order valence-electron chi connectivity index (χ1n) is 8.51. The number of benzene rings is 3. The fraction of sp³-hybridized carbons (Fsp3) is 0.130. The Morgan fingerprint density at radius 2 is 1.32 bits per heavy atom. The molecule has 2 heteroatoms. The quantitative estimate of drug-likeness (QED) is 0.617. The van der Waals surface area contributed by atoms with Gasteiger partial charge < -0.3 is 5.11 Å². The van der Waals surface area contributed by atoms with E-state index < -0.39 is 6.23 Å². The van der Waals surface area contributed by atoms with E-state index in [4.69, 9.17) is 0 Å². The Labute approximate surface area is 149 Å². The second-order valence-corrected chi connectivity index (χ2v) is 6.01. The Hall–Kier alpha value is -2.71. The van der Waals surface area contributed by atoms with E-state index in [0.29, 0.717) is 0 Å². The Bertz CT molecular complexity index is 727. The van der Waals surface area contributed by atoms with Crippen LogP contribution in [0.2, 0.25) is 0 Å². The summed E-state index contributed by atoms with van der Waals surface area (Å²) in [6.07, 6.45) is 4.07. The van der Waals surface area contributed by atoms with Crippen LogP contribution in [0.5, 0.6) is 0 Å². The van der Waals surface area contributed by atoms with Crippen LogP contribution in [0.15, 0.2) is 96.0 Å². The Morgan fingerprint density at radius 1 is 0.760 bits per heavy atom. The lowest BCUT2D eigenvalue weighted by molar-refractivity contribution is 0.189. The highest BCUT2D eigenvalue weighted by atomic mass is 16.3. The molecule has 0 aliphatic heterocycles. The molecule has 2 atom stereocenters. The zero-order valence-electron chi connectivity index (χ0n) is 14.1. The fourth-order valence-electron chi connectivity index (χ4n) is 2.76. The fourth-order valence-corrected chi connectivity index (χ4v) is 2.76. The molecule has 25 heavy (non-hydrogen) atoms. The summed E-state index contributed by atoms with van der Waals surface area (Å²) in [5, 5.41) is 10.3. The zero-order chi connectivity index (χ0) is 17.3. The van der Waals surface area contributed by atoms with Gasteiger partial charge in [-0.15, -0.1) is 0 Å². The largest absolute Gasteiger partial charge is 0.368 e. The Morgan fingerprint density at radius 3 is 1.96 bits per heavy atom. The van der Waals surface area contributed by atoms with Crippen molar-refractivity contribution in [1.82, 2.24) is 0 Å². The highest BCUT2D eigenvalue weighted by Crippen LogP contribution is 2.18. The molecule has 0 aliphatic rings. The summed E-state index contributed by atoms with van der Waals surface area (Å²) in [5.74, 6) is 0.114. The minimum Gasteiger partial charge on any atom is -0.368 e. The van der Waals surface area contributed by atoms with Gasteiger partial charge in [-0.2, -0.15) is 0 Å². The normalized spacial score (nSPS) is 12.6. The summed E-state index contributed by atoms with van der Waals surface area (Å²) in [7, 11) is 0. The summed E-state index contributed by atoms with van der Waals surface area (Å²) < 4.78 is 0. The topological polar surface area (TPSA) is 32.6 Å². The third-order valence-corrected chi connectivity index (χ3v) is 4.04. The summed E-state index contributed by atoms with van der Waals surface area (Å²) in [6.45, 7) is 0. The maximum Gasteiger partial charge on any atom is 0.170 e. The molecule has 3 aromatic carbocycles. The van der Waals surface area contributed by atoms with Crippen LogP contribution in [0.25, 0.3) is 0 Å². The van der Waals surface area contributed by atoms with Gasteiger partial charge in [-0.05, 0) is 24.0 Å². The zero-order valence-corrected chi connectivity index (χ0v) is 14.1. The van der Waals surface area contributed by atoms with Crippen molar-refractivity contribution in [1.29, 1.82) is 0 Å². The van der Waals surface area contributed by atoms with Crippen LogP contribution in [0.3, 0.4) is 0 Å². The average Bonchev–Trinajstić information content (AvgIpc) is 2.68. The van der Waals surface area contributed by atoms with Gasteiger partial charge in [0.1, 0.15) is 0 Å². The molecular weight excluding hydrogens is 306 g/mol. The Balaban J connectivity index is 1.74. The van der Waals surface area contributed by atoms with Gasteiger partial charge >= 0.3 is 0 Å². The van der Waals surface area contributed by atoms with Crippen molar-refractivity contribution >= 4 is 6.21 Å². The van der Waals surface area contributed by atoms with Gasteiger partial charge in [0.25, 0.3) is 0 Å². The van der Waals surface area contributed by atoms with Crippen LogP contribution in [-0.2, 0) is 6.42 Å². The van der Waals surface area contributed by atoms with E-state index >= 15 is 0 Å². The second kappa shape index (κ2) is 8.95. The molecular formula is C23H22NO. The van der Waals surface area contributed by atoms with Gasteiger partial charge in [-0.1, -0.05) is 91.0 Å². The van der Waals surface area contributed by atoms with Gasteiger partial charge in [-0.25, -0.2) is 0 Å². The molecule has 0 heterocycles. The standard InChI is InChI=1S/C23H22NO/c25-23(22-14-8-3-9-15-22)24-18-21(16-19-10-4-1-5-11-19)17-20-12-6-2-7-13-20/h1-16,18,21,23,25H,17H2. The van der Waals surface area contributed by atoms with Gasteiger partial charge in [-0.3, -0.25) is 4.99 Å². The predicted octanol–water partition coefficient (Wildman–Crippen LogP) is 4.86. The SMILES string of the molecule is OC(N=CC([CH]c1ccccc1)Cc1ccccc1)c1ccccc1. The van der Waals surface area contributed by atoms with Gasteiger partial charge in [0.2, 0.25) is 0 Å². The number of nitrogens with zero attached hydrogens (tertiary/aromatic N) is 1. The van der Waals surface area contributed by atoms with Crippen molar-refractivity contribution in [2.75, 3.05) is 0 Å². The molecule has 0 fully saturated rings. The molecule has 125 valence electrons. The number of aliphatic hydroxyl groups is 1. The first-order chi connectivity index (χ1) is 12.3. The first-order valence-corrected chi connectivity index (χ1v) is 8.51. The van der Waals surface area contributed by atoms with Crippen molar-refractivity contribution in [3.05, 3.63) is 114 Å². The molecule has 3 rings (SSSR count). The lowest BCUT2D eigenvalue weighted by Gasteiger charge is -2.13. The molecule has 0 aromatic heterocycles. The first kappa shape index (κ1) is 17.1. The maximum atomic E-state index is 10.3. The summed E-state index contributed by atoms with van der Waals surface area (Å²) in [4.78, 5) is 4.39. The summed E-state index contributed by atoms with van der Waals surface area (Å²) in [6, 6.07) is 30.1. The van der Waals surface area contributed by atoms with Crippen LogP contribution in [0.4, 0.5) is 0 Å². The third kappa shape index (κ3) is 5.40. The maximum absolute atomic E-state index is 10.3. The molecule has 0 bridgehead atoms. The monoisotopic (exact) mass is 328 g/mol. The van der Waals surface area contributed by atoms with Crippen LogP contribution in [0.1, 0.15) is 22.9 Å². The molecule has 0 aliphatic carbocycles. The number of hydrogen-bond acceptors (Lipinski definition) is 2. The van der Waals surface area contributed by atoms with Gasteiger partial charge in [0.05, 0.1) is 0 Å². The minimum atomic E-state index is -0.830. The van der Waals surface area contributed by atoms with E-state index in [-0.39, 0.29) is 5.92 Å². The molecule has 0 saturated carbocycles. The number of aliphatic imine (C=N–C) groups is 1. The molecule has 0 saturated heterocycles. The molecule has 1 radical (unpaired) electrons. The van der Waals surface area contributed by atoms with E-state index in [2.05, 4.69) is 35.7 Å². The average molecular weight is 328 g/mol. The molecule has 3 aromatic rings. The Kier molecular flexibility index (Phi) is 6.13. The number of aliphatic hydroxyl groups excluding tert-OH is 1. The van der Waals surface area contributed by atoms with Crippen LogP contribution in [-0.4, -0.2) is 11.3 Å². The van der Waals surface area contributed by atoms with Crippen molar-refractivity contribution in [3.8, 4) is 0 Å². The molecule has 1 N–H and O–H groups in total. The molecule has 2 unspecified atom stereocenters. The highest BCUT2D eigenvalue weighted by molar-refractivity contribution is 5.65. The molecule has 2 nitrogen and oxygen atoms in total. The van der Waals surface area contributed by atoms with E-state index in [0.717, 1.165) is 17.5 Å². The summed E-state index contributed by atoms with van der Waals surface area (Å²) >= 11 is 0. The highest BCUT2D eigenvalue weighted by Gasteiger charge is 2.11. The van der Waals surface area contributed by atoms with Crippen LogP contribution in [0, 0.1) is 12.3 Å². The van der Waals surface area contributed by atoms with Crippen molar-refractivity contribution in [3.63, 3.8) is 0 Å². The molecule has 0 amide bonds. The smallest absolute Gasteiger partial charge is 0.170 e. The summed E-state index contributed by atoms with van der Waals surface area (Å²) in [5.41, 5.74) is 3.21. The molecule has 0 spiro atoms. The van der Waals surface area contributed by atoms with Crippen LogP contribution < -0.4 is 0 Å². The lowest BCUT2D eigenvalue weighted by atomic mass is 9.93. The third-order valence-electron chi connectivity index (χ3n) is 4.04. The number of rotatable bonds is 7. The van der Waals surface area contributed by atoms with Crippen molar-refractivity contribution in [2.45, 2.75) is 12.6 Å². The van der Waals surface area contributed by atoms with Gasteiger partial charge in [0.15, 0.2) is 6.23 Å². The predicted molar refractivity (Wildman–Crippen MR) is 103 cm³/mol. The van der Waals surface area contributed by atoms with E-state index in [1.807, 2.05) is 72.9 Å². The lowest BCUT2D eigenvalue weighted by Crippen LogP contribution is -2.09. The van der Waals surface area contributed by atoms with Crippen molar-refractivity contribution < 1.29 is 5.11 Å². The van der Waals surface area contributed by atoms with Crippen molar-refractivity contribution in [2.24, 2.45) is 10.9 Å². The van der Waals surface area contributed by atoms with E-state index in [1.54, 1.807) is 0 Å². The minimum absolute atomic E-state index is 0.114. The van der Waals surface area contributed by atoms with E-state index in [1.165, 1.54) is 5.56 Å². The second-order valence-electron chi connectivity index (χ2n) is 6.01. The number of hydrogen-bond donors (Lipinski definition) is 1.